The van der Waals surface area contributed by atoms with Crippen LogP contribution in [0.25, 0.3) is 0 Å². The highest BCUT2D eigenvalue weighted by Gasteiger charge is 2.49. The molecule has 5 aromatic rings. The predicted molar refractivity (Wildman–Crippen MR) is 186 cm³/mol. The fraction of sp³-hybridized carbons (Fsp3) is 0.293. The number of β-amino-alcohol motifs (C(OH)–C–C–N with tert-alkyl or cyclic N) is 2. The standard InChI is InChI=1S/C41H43N3O4/c45-36-24-38(40(47,30-14-5-1-6-15-30)31-16-7-2-8-17-31)43(28-36)26-34-22-13-23-35(42-34)27-44-29-37(46)25-39(44)41(48,32-18-9-3-10-19-32)33-20-11-4-12-21-33/h1-23,36-39,45-48H,24-29H2/t36?,37?,38-,39-/m0/s1. The van der Waals surface area contributed by atoms with Gasteiger partial charge in [-0.05, 0) is 47.2 Å². The highest BCUT2D eigenvalue weighted by atomic mass is 16.3. The molecule has 2 aliphatic rings. The molecule has 2 unspecified atom stereocenters. The molecule has 0 bridgehead atoms. The van der Waals surface area contributed by atoms with Gasteiger partial charge in [0.2, 0.25) is 0 Å². The maximum Gasteiger partial charge on any atom is 0.130 e. The zero-order valence-corrected chi connectivity index (χ0v) is 27.0. The lowest BCUT2D eigenvalue weighted by atomic mass is 9.79. The molecule has 48 heavy (non-hydrogen) atoms. The molecule has 7 heteroatoms. The molecule has 7 rings (SSSR count). The first kappa shape index (κ1) is 32.3. The number of aliphatic hydroxyl groups excluding tert-OH is 2. The van der Waals surface area contributed by atoms with E-state index in [-0.39, 0.29) is 12.1 Å². The third-order valence-electron chi connectivity index (χ3n) is 10.2. The number of rotatable bonds is 10. The first-order valence-corrected chi connectivity index (χ1v) is 16.8. The van der Waals surface area contributed by atoms with Crippen molar-refractivity contribution in [2.45, 2.75) is 61.4 Å². The second kappa shape index (κ2) is 13.7. The van der Waals surface area contributed by atoms with Crippen molar-refractivity contribution in [2.24, 2.45) is 0 Å². The average molecular weight is 642 g/mol. The smallest absolute Gasteiger partial charge is 0.130 e. The van der Waals surface area contributed by atoms with Crippen LogP contribution in [0.5, 0.6) is 0 Å². The molecule has 0 radical (unpaired) electrons. The van der Waals surface area contributed by atoms with Gasteiger partial charge in [-0.1, -0.05) is 127 Å². The summed E-state index contributed by atoms with van der Waals surface area (Å²) in [5, 5.41) is 47.0. The monoisotopic (exact) mass is 641 g/mol. The van der Waals surface area contributed by atoms with Crippen LogP contribution in [0.15, 0.2) is 140 Å². The van der Waals surface area contributed by atoms with Crippen molar-refractivity contribution in [2.75, 3.05) is 13.1 Å². The summed E-state index contributed by atoms with van der Waals surface area (Å²) < 4.78 is 0. The minimum atomic E-state index is -1.34. The van der Waals surface area contributed by atoms with Crippen LogP contribution in [0, 0.1) is 0 Å². The van der Waals surface area contributed by atoms with Gasteiger partial charge in [0.25, 0.3) is 0 Å². The topological polar surface area (TPSA) is 100 Å². The van der Waals surface area contributed by atoms with Gasteiger partial charge in [0, 0.05) is 38.3 Å². The van der Waals surface area contributed by atoms with E-state index in [1.165, 1.54) is 0 Å². The van der Waals surface area contributed by atoms with E-state index >= 15 is 0 Å². The van der Waals surface area contributed by atoms with Crippen molar-refractivity contribution < 1.29 is 20.4 Å². The largest absolute Gasteiger partial charge is 0.392 e. The van der Waals surface area contributed by atoms with E-state index in [0.29, 0.717) is 39.0 Å². The first-order valence-electron chi connectivity index (χ1n) is 16.8. The maximum atomic E-state index is 12.6. The van der Waals surface area contributed by atoms with Crippen LogP contribution in [-0.4, -0.2) is 72.6 Å². The Labute approximate surface area is 282 Å². The number of benzene rings is 4. The number of hydrogen-bond donors (Lipinski definition) is 4. The molecule has 2 aliphatic heterocycles. The first-order chi connectivity index (χ1) is 23.4. The number of hydrogen-bond acceptors (Lipinski definition) is 7. The second-order valence-corrected chi connectivity index (χ2v) is 13.3. The van der Waals surface area contributed by atoms with Gasteiger partial charge in [0.05, 0.1) is 23.6 Å². The molecule has 3 heterocycles. The van der Waals surface area contributed by atoms with Crippen LogP contribution >= 0.6 is 0 Å². The molecule has 246 valence electrons. The molecular weight excluding hydrogens is 598 g/mol. The summed E-state index contributed by atoms with van der Waals surface area (Å²) in [5.74, 6) is 0. The van der Waals surface area contributed by atoms with Gasteiger partial charge in [0.15, 0.2) is 0 Å². The Morgan fingerprint density at radius 3 is 1.10 bits per heavy atom. The van der Waals surface area contributed by atoms with Crippen LogP contribution < -0.4 is 0 Å². The summed E-state index contributed by atoms with van der Waals surface area (Å²) in [6.45, 7) is 1.73. The minimum absolute atomic E-state index is 0.382. The summed E-state index contributed by atoms with van der Waals surface area (Å²) in [5.41, 5.74) is 2.11. The molecule has 0 aliphatic carbocycles. The van der Waals surface area contributed by atoms with Gasteiger partial charge in [-0.15, -0.1) is 0 Å². The molecule has 4 aromatic carbocycles. The zero-order valence-electron chi connectivity index (χ0n) is 27.0. The van der Waals surface area contributed by atoms with Crippen molar-refractivity contribution in [3.05, 3.63) is 173 Å². The van der Waals surface area contributed by atoms with Gasteiger partial charge >= 0.3 is 0 Å². The molecule has 0 amide bonds. The fourth-order valence-corrected chi connectivity index (χ4v) is 7.97. The molecular formula is C41H43N3O4. The number of aliphatic hydroxyl groups is 4. The van der Waals surface area contributed by atoms with E-state index < -0.39 is 23.4 Å². The molecule has 4 atom stereocenters. The summed E-state index contributed by atoms with van der Waals surface area (Å²) in [6.07, 6.45) is -0.328. The fourth-order valence-electron chi connectivity index (χ4n) is 7.97. The van der Waals surface area contributed by atoms with Crippen LogP contribution in [0.2, 0.25) is 0 Å². The lowest BCUT2D eigenvalue weighted by Crippen LogP contribution is -2.48. The second-order valence-electron chi connectivity index (χ2n) is 13.3. The summed E-state index contributed by atoms with van der Waals surface area (Å²) >= 11 is 0. The van der Waals surface area contributed by atoms with Gasteiger partial charge in [-0.25, -0.2) is 0 Å². The minimum Gasteiger partial charge on any atom is -0.392 e. The van der Waals surface area contributed by atoms with E-state index in [1.807, 2.05) is 140 Å². The zero-order chi connectivity index (χ0) is 33.1. The highest BCUT2D eigenvalue weighted by Crippen LogP contribution is 2.42. The molecule has 1 aromatic heterocycles. The van der Waals surface area contributed by atoms with Crippen LogP contribution in [0.3, 0.4) is 0 Å². The van der Waals surface area contributed by atoms with Crippen LogP contribution in [0.1, 0.15) is 46.5 Å². The Hall–Kier alpha value is -4.21. The number of pyridine rings is 1. The van der Waals surface area contributed by atoms with E-state index in [0.717, 1.165) is 33.6 Å². The van der Waals surface area contributed by atoms with Crippen LogP contribution in [-0.2, 0) is 24.3 Å². The van der Waals surface area contributed by atoms with E-state index in [2.05, 4.69) is 9.80 Å². The maximum absolute atomic E-state index is 12.6. The third kappa shape index (κ3) is 6.21. The Balaban J connectivity index is 1.17. The molecule has 0 spiro atoms. The number of likely N-dealkylation sites (tertiary alicyclic amines) is 2. The van der Waals surface area contributed by atoms with Crippen LogP contribution in [0.4, 0.5) is 0 Å². The molecule has 0 saturated carbocycles. The van der Waals surface area contributed by atoms with Gasteiger partial charge in [-0.3, -0.25) is 14.8 Å². The number of aromatic nitrogens is 1. The van der Waals surface area contributed by atoms with E-state index in [9.17, 15) is 20.4 Å². The summed E-state index contributed by atoms with van der Waals surface area (Å²) in [7, 11) is 0. The Bertz CT molecular complexity index is 1570. The molecule has 7 nitrogen and oxygen atoms in total. The van der Waals surface area contributed by atoms with Gasteiger partial charge < -0.3 is 20.4 Å². The van der Waals surface area contributed by atoms with Crippen molar-refractivity contribution in [3.8, 4) is 0 Å². The van der Waals surface area contributed by atoms with E-state index in [1.54, 1.807) is 0 Å². The van der Waals surface area contributed by atoms with Gasteiger partial charge in [-0.2, -0.15) is 0 Å². The van der Waals surface area contributed by atoms with Crippen molar-refractivity contribution in [1.82, 2.24) is 14.8 Å². The Kier molecular flexibility index (Phi) is 9.25. The predicted octanol–water partition coefficient (Wildman–Crippen LogP) is 4.82. The van der Waals surface area contributed by atoms with Crippen molar-refractivity contribution in [3.63, 3.8) is 0 Å². The lowest BCUT2D eigenvalue weighted by molar-refractivity contribution is -0.00793. The Morgan fingerprint density at radius 1 is 0.479 bits per heavy atom. The molecule has 4 N–H and O–H groups in total. The van der Waals surface area contributed by atoms with E-state index in [4.69, 9.17) is 4.98 Å². The normalized spacial score (nSPS) is 22.2. The SMILES string of the molecule is OC1C[C@@H](C(O)(c2ccccc2)c2ccccc2)N(Cc2cccc(CN3CC(O)C[C@H]3C(O)(c3ccccc3)c3ccccc3)n2)C1. The third-order valence-corrected chi connectivity index (χ3v) is 10.2. The summed E-state index contributed by atoms with van der Waals surface area (Å²) in [6, 6.07) is 44.0. The average Bonchev–Trinajstić information content (AvgIpc) is 3.70. The quantitative estimate of drug-likeness (QED) is 0.174. The molecule has 2 fully saturated rings. The summed E-state index contributed by atoms with van der Waals surface area (Å²) in [4.78, 5) is 9.35. The molecule has 2 saturated heterocycles. The highest BCUT2D eigenvalue weighted by molar-refractivity contribution is 5.40. The van der Waals surface area contributed by atoms with Gasteiger partial charge in [0.1, 0.15) is 11.2 Å². The Morgan fingerprint density at radius 2 is 0.792 bits per heavy atom. The number of nitrogens with zero attached hydrogens (tertiary/aromatic N) is 3. The van der Waals surface area contributed by atoms with Crippen molar-refractivity contribution in [1.29, 1.82) is 0 Å². The lowest BCUT2D eigenvalue weighted by Gasteiger charge is -2.40. The van der Waals surface area contributed by atoms with Crippen molar-refractivity contribution >= 4 is 0 Å².